The second kappa shape index (κ2) is 6.31. The highest BCUT2D eigenvalue weighted by molar-refractivity contribution is 5.99. The number of rotatable bonds is 3. The number of nitro benzene ring substituents is 1. The molecule has 3 aromatic carbocycles. The third-order valence-electron chi connectivity index (χ3n) is 4.24. The van der Waals surface area contributed by atoms with E-state index in [0.717, 1.165) is 24.3 Å². The Hall–Kier alpha value is -4.01. The SMILES string of the molecule is O=C(O)c1cc([N+](=O)[O-])cc2c1Nc1cc(-c3ccc(F)c(F)c3)ccc1O2. The van der Waals surface area contributed by atoms with Crippen LogP contribution in [0, 0.1) is 21.7 Å². The maximum absolute atomic E-state index is 13.5. The van der Waals surface area contributed by atoms with Gasteiger partial charge in [-0.05, 0) is 35.4 Å². The minimum absolute atomic E-state index is 0.000299. The molecule has 0 atom stereocenters. The summed E-state index contributed by atoms with van der Waals surface area (Å²) in [6, 6.07) is 10.2. The van der Waals surface area contributed by atoms with Gasteiger partial charge in [0.25, 0.3) is 5.69 Å². The van der Waals surface area contributed by atoms with Gasteiger partial charge >= 0.3 is 5.97 Å². The lowest BCUT2D eigenvalue weighted by molar-refractivity contribution is -0.384. The highest BCUT2D eigenvalue weighted by Crippen LogP contribution is 2.46. The molecule has 0 saturated heterocycles. The number of hydrogen-bond acceptors (Lipinski definition) is 5. The Labute approximate surface area is 156 Å². The van der Waals surface area contributed by atoms with E-state index in [1.54, 1.807) is 18.2 Å². The van der Waals surface area contributed by atoms with Gasteiger partial charge in [0.1, 0.15) is 0 Å². The van der Waals surface area contributed by atoms with Crippen molar-refractivity contribution in [3.05, 3.63) is 75.8 Å². The molecule has 140 valence electrons. The van der Waals surface area contributed by atoms with Crippen LogP contribution in [-0.2, 0) is 0 Å². The highest BCUT2D eigenvalue weighted by atomic mass is 19.2. The number of carboxylic acid groups (broad SMARTS) is 1. The quantitative estimate of drug-likeness (QED) is 0.377. The zero-order valence-corrected chi connectivity index (χ0v) is 13.9. The molecule has 0 bridgehead atoms. The molecular weight excluding hydrogens is 374 g/mol. The van der Waals surface area contributed by atoms with Gasteiger partial charge < -0.3 is 15.2 Å². The fourth-order valence-electron chi connectivity index (χ4n) is 2.91. The maximum atomic E-state index is 13.5. The second-order valence-corrected chi connectivity index (χ2v) is 6.00. The lowest BCUT2D eigenvalue weighted by Gasteiger charge is -2.23. The monoisotopic (exact) mass is 384 g/mol. The Morgan fingerprint density at radius 2 is 1.71 bits per heavy atom. The van der Waals surface area contributed by atoms with Gasteiger partial charge in [0.2, 0.25) is 0 Å². The second-order valence-electron chi connectivity index (χ2n) is 6.00. The van der Waals surface area contributed by atoms with E-state index >= 15 is 0 Å². The van der Waals surface area contributed by atoms with Crippen molar-refractivity contribution in [1.29, 1.82) is 0 Å². The van der Waals surface area contributed by atoms with Crippen molar-refractivity contribution in [1.82, 2.24) is 0 Å². The number of nitro groups is 1. The number of benzene rings is 3. The number of nitrogens with zero attached hydrogens (tertiary/aromatic N) is 1. The van der Waals surface area contributed by atoms with Gasteiger partial charge in [0, 0.05) is 6.07 Å². The number of non-ortho nitro benzene ring substituents is 1. The Morgan fingerprint density at radius 3 is 2.39 bits per heavy atom. The van der Waals surface area contributed by atoms with E-state index in [4.69, 9.17) is 4.74 Å². The number of carbonyl (C=O) groups is 1. The van der Waals surface area contributed by atoms with E-state index in [1.165, 1.54) is 6.07 Å². The van der Waals surface area contributed by atoms with Gasteiger partial charge in [0.15, 0.2) is 23.1 Å². The molecule has 0 aliphatic carbocycles. The average molecular weight is 384 g/mol. The zero-order chi connectivity index (χ0) is 20.0. The first-order chi connectivity index (χ1) is 13.3. The molecule has 28 heavy (non-hydrogen) atoms. The highest BCUT2D eigenvalue weighted by Gasteiger charge is 2.27. The lowest BCUT2D eigenvalue weighted by atomic mass is 10.0. The first-order valence-electron chi connectivity index (χ1n) is 7.93. The largest absolute Gasteiger partial charge is 0.478 e. The summed E-state index contributed by atoms with van der Waals surface area (Å²) in [5.41, 5.74) is 0.652. The van der Waals surface area contributed by atoms with Crippen LogP contribution in [0.1, 0.15) is 10.4 Å². The third kappa shape index (κ3) is 2.88. The minimum atomic E-state index is -1.36. The van der Waals surface area contributed by atoms with E-state index in [2.05, 4.69) is 5.32 Å². The smallest absolute Gasteiger partial charge is 0.338 e. The Morgan fingerprint density at radius 1 is 1.00 bits per heavy atom. The Bertz CT molecular complexity index is 1160. The molecule has 3 aromatic rings. The van der Waals surface area contributed by atoms with Crippen LogP contribution in [0.15, 0.2) is 48.5 Å². The molecule has 0 aromatic heterocycles. The molecule has 0 spiro atoms. The van der Waals surface area contributed by atoms with Gasteiger partial charge in [0.05, 0.1) is 27.9 Å². The summed E-state index contributed by atoms with van der Waals surface area (Å²) in [7, 11) is 0. The number of anilines is 2. The maximum Gasteiger partial charge on any atom is 0.338 e. The number of ether oxygens (including phenoxy) is 1. The van der Waals surface area contributed by atoms with E-state index in [9.17, 15) is 28.8 Å². The fraction of sp³-hybridized carbons (Fsp3) is 0. The summed E-state index contributed by atoms with van der Waals surface area (Å²) in [6.07, 6.45) is 0. The van der Waals surface area contributed by atoms with E-state index in [0.29, 0.717) is 22.6 Å². The van der Waals surface area contributed by atoms with Crippen molar-refractivity contribution < 1.29 is 28.3 Å². The summed E-state index contributed by atoms with van der Waals surface area (Å²) in [4.78, 5) is 21.9. The summed E-state index contributed by atoms with van der Waals surface area (Å²) in [5, 5.41) is 23.3. The molecule has 7 nitrogen and oxygen atoms in total. The Kier molecular flexibility index (Phi) is 3.92. The predicted octanol–water partition coefficient (Wildman–Crippen LogP) is 5.09. The zero-order valence-electron chi connectivity index (χ0n) is 13.9. The first-order valence-corrected chi connectivity index (χ1v) is 7.93. The minimum Gasteiger partial charge on any atom is -0.478 e. The number of carboxylic acids is 1. The van der Waals surface area contributed by atoms with Crippen LogP contribution in [0.25, 0.3) is 11.1 Å². The molecule has 1 aliphatic heterocycles. The van der Waals surface area contributed by atoms with Gasteiger partial charge in [-0.25, -0.2) is 13.6 Å². The van der Waals surface area contributed by atoms with Crippen molar-refractivity contribution in [3.8, 4) is 22.6 Å². The van der Waals surface area contributed by atoms with Crippen molar-refractivity contribution in [2.24, 2.45) is 0 Å². The lowest BCUT2D eigenvalue weighted by Crippen LogP contribution is -2.10. The van der Waals surface area contributed by atoms with Crippen molar-refractivity contribution in [2.75, 3.05) is 5.32 Å². The third-order valence-corrected chi connectivity index (χ3v) is 4.24. The van der Waals surface area contributed by atoms with Crippen molar-refractivity contribution in [3.63, 3.8) is 0 Å². The molecule has 1 heterocycles. The van der Waals surface area contributed by atoms with Crippen LogP contribution < -0.4 is 10.1 Å². The Balaban J connectivity index is 1.79. The normalized spacial score (nSPS) is 11.6. The van der Waals surface area contributed by atoms with Crippen molar-refractivity contribution >= 4 is 23.0 Å². The van der Waals surface area contributed by atoms with Crippen molar-refractivity contribution in [2.45, 2.75) is 0 Å². The van der Waals surface area contributed by atoms with E-state index in [-0.39, 0.29) is 17.0 Å². The van der Waals surface area contributed by atoms with Crippen LogP contribution in [-0.4, -0.2) is 16.0 Å². The molecule has 4 rings (SSSR count). The number of halogens is 2. The van der Waals surface area contributed by atoms with Gasteiger partial charge in [-0.1, -0.05) is 12.1 Å². The predicted molar refractivity (Wildman–Crippen MR) is 95.2 cm³/mol. The fourth-order valence-corrected chi connectivity index (χ4v) is 2.91. The molecule has 9 heteroatoms. The standard InChI is InChI=1S/C19H10F2N2O5/c20-13-3-1-9(5-14(13)21)10-2-4-16-15(6-10)22-18-12(19(24)25)7-11(23(26)27)8-17(18)28-16/h1-8,22H,(H,24,25). The average Bonchev–Trinajstić information content (AvgIpc) is 2.67. The summed E-state index contributed by atoms with van der Waals surface area (Å²) in [5.74, 6) is -3.03. The number of aromatic carboxylic acids is 1. The van der Waals surface area contributed by atoms with Gasteiger partial charge in [-0.15, -0.1) is 0 Å². The molecular formula is C19H10F2N2O5. The number of nitrogens with one attached hydrogen (secondary N) is 1. The van der Waals surface area contributed by atoms with Crippen LogP contribution >= 0.6 is 0 Å². The van der Waals surface area contributed by atoms with Crippen LogP contribution in [0.2, 0.25) is 0 Å². The van der Waals surface area contributed by atoms with Crippen LogP contribution in [0.4, 0.5) is 25.8 Å². The molecule has 2 N–H and O–H groups in total. The van der Waals surface area contributed by atoms with Crippen LogP contribution in [0.5, 0.6) is 11.5 Å². The number of hydrogen-bond donors (Lipinski definition) is 2. The molecule has 0 saturated carbocycles. The molecule has 0 fully saturated rings. The van der Waals surface area contributed by atoms with Gasteiger partial charge in [-0.3, -0.25) is 10.1 Å². The van der Waals surface area contributed by atoms with E-state index < -0.39 is 28.2 Å². The molecule has 0 unspecified atom stereocenters. The molecule has 0 amide bonds. The topological polar surface area (TPSA) is 102 Å². The first kappa shape index (κ1) is 17.4. The van der Waals surface area contributed by atoms with Crippen LogP contribution in [0.3, 0.4) is 0 Å². The van der Waals surface area contributed by atoms with E-state index in [1.807, 2.05) is 0 Å². The summed E-state index contributed by atoms with van der Waals surface area (Å²) in [6.45, 7) is 0. The molecule has 0 radical (unpaired) electrons. The molecule has 1 aliphatic rings. The van der Waals surface area contributed by atoms with Gasteiger partial charge in [-0.2, -0.15) is 0 Å². The summed E-state index contributed by atoms with van der Waals surface area (Å²) < 4.78 is 32.3. The number of fused-ring (bicyclic) bond motifs is 2. The summed E-state index contributed by atoms with van der Waals surface area (Å²) >= 11 is 0.